The molecule has 0 radical (unpaired) electrons. The van der Waals surface area contributed by atoms with Gasteiger partial charge in [-0.2, -0.15) is 0 Å². The van der Waals surface area contributed by atoms with E-state index in [0.717, 1.165) is 57.6 Å². The van der Waals surface area contributed by atoms with Crippen LogP contribution in [0.3, 0.4) is 0 Å². The first-order valence-electron chi connectivity index (χ1n) is 22.9. The number of ether oxygens (including phenoxy) is 4. The van der Waals surface area contributed by atoms with Crippen LogP contribution in [0.15, 0.2) is 70.3 Å². The fourth-order valence-corrected chi connectivity index (χ4v) is 13.4. The molecule has 8 aliphatic rings. The highest BCUT2D eigenvalue weighted by atomic mass is 16.6. The Morgan fingerprint density at radius 3 is 1.35 bits per heavy atom. The van der Waals surface area contributed by atoms with Crippen LogP contribution in [-0.2, 0) is 62.2 Å². The number of hydrogen-bond acceptors (Lipinski definition) is 14. The number of aromatic nitrogens is 2. The molecule has 10 atom stereocenters. The van der Waals surface area contributed by atoms with Gasteiger partial charge < -0.3 is 38.0 Å². The minimum atomic E-state index is -0.885. The van der Waals surface area contributed by atoms with Gasteiger partial charge in [-0.05, 0) is 74.9 Å². The number of fused-ring (bicyclic) bond motifs is 12. The molecule has 4 aliphatic heterocycles. The molecule has 4 aromatic rings. The number of aliphatic hydroxyl groups is 2. The number of pyridine rings is 2. The van der Waals surface area contributed by atoms with Crippen molar-refractivity contribution < 1.29 is 57.2 Å². The summed E-state index contributed by atoms with van der Waals surface area (Å²) in [6.07, 6.45) is 10.3. The van der Waals surface area contributed by atoms with Crippen molar-refractivity contribution in [1.82, 2.24) is 9.97 Å². The van der Waals surface area contributed by atoms with Crippen molar-refractivity contribution in [2.75, 3.05) is 0 Å². The lowest BCUT2D eigenvalue weighted by molar-refractivity contribution is -0.155. The van der Waals surface area contributed by atoms with Crippen LogP contribution in [0, 0.1) is 33.5 Å². The SMILES string of the molecule is CC1(C)[C@@H](O)c2cc3c(nc2[C@@]2(C)OC(=O)C[C@@H]12)CC[C@]1(C)C3=CC(=O)O[C@H]1c1ccoc1.CC1(C)[C@@H](O)c2cc3c(nc2[C@@]2(C)OC(=O)C[C@@H]12)CC[C@]1(C)C3=CC(=O)O[C@H]1c1ccoc1. The van der Waals surface area contributed by atoms with Crippen LogP contribution < -0.4 is 0 Å². The maximum atomic E-state index is 12.6. The van der Waals surface area contributed by atoms with Crippen molar-refractivity contribution in [2.45, 2.75) is 130 Å². The van der Waals surface area contributed by atoms with Crippen molar-refractivity contribution >= 4 is 35.0 Å². The number of nitrogens with zero attached hydrogens (tertiary/aromatic N) is 2. The lowest BCUT2D eigenvalue weighted by Gasteiger charge is -2.49. The van der Waals surface area contributed by atoms with E-state index in [1.165, 1.54) is 0 Å². The number of hydrogen-bond donors (Lipinski definition) is 2. The number of aryl methyl sites for hydroxylation is 2. The summed E-state index contributed by atoms with van der Waals surface area (Å²) in [7, 11) is 0. The Morgan fingerprint density at radius 2 is 0.985 bits per heavy atom. The highest BCUT2D eigenvalue weighted by Crippen LogP contribution is 2.64. The Kier molecular flexibility index (Phi) is 8.97. The van der Waals surface area contributed by atoms with Crippen LogP contribution >= 0.6 is 0 Å². The molecule has 66 heavy (non-hydrogen) atoms. The van der Waals surface area contributed by atoms with Crippen LogP contribution in [0.25, 0.3) is 11.1 Å². The second kappa shape index (κ2) is 13.9. The van der Waals surface area contributed by atoms with Gasteiger partial charge in [0.2, 0.25) is 0 Å². The molecule has 0 spiro atoms. The van der Waals surface area contributed by atoms with Gasteiger partial charge >= 0.3 is 23.9 Å². The number of rotatable bonds is 2. The first-order valence-corrected chi connectivity index (χ1v) is 22.9. The van der Waals surface area contributed by atoms with E-state index in [-0.39, 0.29) is 36.6 Å². The number of furan rings is 2. The lowest BCUT2D eigenvalue weighted by atomic mass is 9.58. The second-order valence-corrected chi connectivity index (χ2v) is 21.7. The van der Waals surface area contributed by atoms with Crippen LogP contribution in [0.5, 0.6) is 0 Å². The van der Waals surface area contributed by atoms with E-state index in [4.69, 9.17) is 37.7 Å². The van der Waals surface area contributed by atoms with Crippen molar-refractivity contribution in [3.63, 3.8) is 0 Å². The third-order valence-corrected chi connectivity index (χ3v) is 17.1. The average Bonchev–Trinajstić information content (AvgIpc) is 4.11. The zero-order chi connectivity index (χ0) is 46.7. The summed E-state index contributed by atoms with van der Waals surface area (Å²) in [6.45, 7) is 15.9. The summed E-state index contributed by atoms with van der Waals surface area (Å²) >= 11 is 0. The first kappa shape index (κ1) is 42.8. The van der Waals surface area contributed by atoms with Gasteiger partial charge in [0.15, 0.2) is 11.2 Å². The Labute approximate surface area is 381 Å². The molecule has 4 aliphatic carbocycles. The molecular weight excluding hydrogens is 845 g/mol. The normalized spacial score (nSPS) is 36.0. The minimum absolute atomic E-state index is 0.172. The van der Waals surface area contributed by atoms with Gasteiger partial charge in [-0.3, -0.25) is 19.6 Å². The molecule has 344 valence electrons. The lowest BCUT2D eigenvalue weighted by Crippen LogP contribution is -2.48. The molecule has 2 N–H and O–H groups in total. The van der Waals surface area contributed by atoms with Crippen LogP contribution in [0.1, 0.15) is 162 Å². The van der Waals surface area contributed by atoms with Crippen molar-refractivity contribution in [1.29, 1.82) is 0 Å². The van der Waals surface area contributed by atoms with E-state index in [9.17, 15) is 29.4 Å². The third-order valence-electron chi connectivity index (χ3n) is 17.1. The molecule has 4 aromatic heterocycles. The zero-order valence-electron chi connectivity index (χ0n) is 38.4. The zero-order valence-corrected chi connectivity index (χ0v) is 38.4. The van der Waals surface area contributed by atoms with Gasteiger partial charge in [-0.1, -0.05) is 41.5 Å². The van der Waals surface area contributed by atoms with E-state index in [2.05, 4.69) is 13.8 Å². The molecule has 14 heteroatoms. The summed E-state index contributed by atoms with van der Waals surface area (Å²) in [5.41, 5.74) is 5.54. The predicted octanol–water partition coefficient (Wildman–Crippen LogP) is 8.32. The number of esters is 4. The number of carbonyl (C=O) groups is 4. The molecule has 0 amide bonds. The highest BCUT2D eigenvalue weighted by Gasteiger charge is 2.63. The van der Waals surface area contributed by atoms with Gasteiger partial charge in [0.1, 0.15) is 12.2 Å². The molecule has 12 rings (SSSR count). The predicted molar refractivity (Wildman–Crippen MR) is 233 cm³/mol. The standard InChI is InChI=1S/2C26H27NO6/c2*1-24(2)18-11-20(29)33-26(18,4)21-15(22(24)30)9-14-16-10-19(28)32-23(13-6-8-31-12-13)25(16,3)7-5-17(14)27-21/h2*6,8-10,12,18,22-23,30H,5,7,11H2,1-4H3/t2*18-,22-,23-,25+,26-/m00/s1. The maximum absolute atomic E-state index is 12.6. The molecule has 8 heterocycles. The molecule has 0 aromatic carbocycles. The van der Waals surface area contributed by atoms with E-state index in [1.807, 2.05) is 65.8 Å². The van der Waals surface area contributed by atoms with Gasteiger partial charge in [-0.25, -0.2) is 9.59 Å². The molecule has 0 unspecified atom stereocenters. The first-order chi connectivity index (χ1) is 31.1. The van der Waals surface area contributed by atoms with Crippen molar-refractivity contribution in [3.05, 3.63) is 118 Å². The van der Waals surface area contributed by atoms with Crippen LogP contribution in [-0.4, -0.2) is 44.1 Å². The monoisotopic (exact) mass is 898 g/mol. The van der Waals surface area contributed by atoms with Crippen LogP contribution in [0.2, 0.25) is 0 Å². The number of cyclic esters (lactones) is 2. The number of aliphatic hydroxyl groups excluding tert-OH is 2. The van der Waals surface area contributed by atoms with E-state index in [1.54, 1.807) is 37.2 Å². The third kappa shape index (κ3) is 5.72. The largest absolute Gasteiger partial charge is 0.472 e. The summed E-state index contributed by atoms with van der Waals surface area (Å²) in [5.74, 6) is -1.68. The summed E-state index contributed by atoms with van der Waals surface area (Å²) in [5, 5.41) is 22.8. The molecular formula is C52H54N2O12. The van der Waals surface area contributed by atoms with E-state index in [0.29, 0.717) is 35.4 Å². The second-order valence-electron chi connectivity index (χ2n) is 21.7. The van der Waals surface area contributed by atoms with Gasteiger partial charge in [-0.15, -0.1) is 0 Å². The Bertz CT molecular complexity index is 2650. The van der Waals surface area contributed by atoms with Gasteiger partial charge in [0.05, 0.1) is 61.5 Å². The summed E-state index contributed by atoms with van der Waals surface area (Å²) < 4.78 is 33.8. The minimum Gasteiger partial charge on any atom is -0.472 e. The molecule has 2 saturated heterocycles. The molecule has 0 bridgehead atoms. The Balaban J connectivity index is 0.000000146. The maximum Gasteiger partial charge on any atom is 0.331 e. The fraction of sp³-hybridized carbons (Fsp3) is 0.500. The summed E-state index contributed by atoms with van der Waals surface area (Å²) in [6, 6.07) is 7.58. The number of carbonyl (C=O) groups excluding carboxylic acids is 4. The molecule has 14 nitrogen and oxygen atoms in total. The topological polar surface area (TPSA) is 198 Å². The van der Waals surface area contributed by atoms with Crippen molar-refractivity contribution in [2.24, 2.45) is 33.5 Å². The quantitative estimate of drug-likeness (QED) is 0.144. The van der Waals surface area contributed by atoms with Gasteiger partial charge in [0.25, 0.3) is 0 Å². The smallest absolute Gasteiger partial charge is 0.331 e. The molecule has 0 saturated carbocycles. The van der Waals surface area contributed by atoms with Crippen molar-refractivity contribution in [3.8, 4) is 0 Å². The fourth-order valence-electron chi connectivity index (χ4n) is 13.4. The van der Waals surface area contributed by atoms with E-state index < -0.39 is 69.2 Å². The van der Waals surface area contributed by atoms with E-state index >= 15 is 0 Å². The average molecular weight is 899 g/mol. The van der Waals surface area contributed by atoms with Gasteiger partial charge in [0, 0.05) is 90.4 Å². The Morgan fingerprint density at radius 1 is 0.591 bits per heavy atom. The molecule has 2 fully saturated rings. The van der Waals surface area contributed by atoms with Crippen LogP contribution in [0.4, 0.5) is 0 Å². The summed E-state index contributed by atoms with van der Waals surface area (Å²) in [4.78, 5) is 59.9. The highest BCUT2D eigenvalue weighted by molar-refractivity contribution is 5.97. The Hall–Kier alpha value is -5.86.